The van der Waals surface area contributed by atoms with E-state index < -0.39 is 5.54 Å². The van der Waals surface area contributed by atoms with Gasteiger partial charge in [0.15, 0.2) is 5.17 Å². The maximum absolute atomic E-state index is 12.3. The van der Waals surface area contributed by atoms with Gasteiger partial charge in [0.05, 0.1) is 11.3 Å². The van der Waals surface area contributed by atoms with E-state index >= 15 is 0 Å². The van der Waals surface area contributed by atoms with Crippen molar-refractivity contribution in [3.8, 4) is 6.07 Å². The lowest BCUT2D eigenvalue weighted by molar-refractivity contribution is 0.102. The molecule has 7 nitrogen and oxygen atoms in total. The van der Waals surface area contributed by atoms with Crippen molar-refractivity contribution >= 4 is 28.5 Å². The van der Waals surface area contributed by atoms with Crippen molar-refractivity contribution in [3.05, 3.63) is 64.6 Å². The van der Waals surface area contributed by atoms with Crippen LogP contribution in [0.2, 0.25) is 0 Å². The topological polar surface area (TPSA) is 117 Å². The molecule has 26 heavy (non-hydrogen) atoms. The van der Waals surface area contributed by atoms with E-state index in [0.717, 1.165) is 4.91 Å². The van der Waals surface area contributed by atoms with Crippen molar-refractivity contribution in [2.75, 3.05) is 5.32 Å². The summed E-state index contributed by atoms with van der Waals surface area (Å²) in [6.45, 7) is 3.88. The summed E-state index contributed by atoms with van der Waals surface area (Å²) in [5.41, 5.74) is 7.08. The molecule has 3 rings (SSSR count). The van der Waals surface area contributed by atoms with Gasteiger partial charge in [-0.2, -0.15) is 5.26 Å². The van der Waals surface area contributed by atoms with Gasteiger partial charge in [0.2, 0.25) is 0 Å². The van der Waals surface area contributed by atoms with Crippen molar-refractivity contribution in [2.45, 2.75) is 19.4 Å². The first kappa shape index (κ1) is 17.6. The second-order valence-electron chi connectivity index (χ2n) is 5.88. The molecule has 0 radical (unpaired) electrons. The van der Waals surface area contributed by atoms with Gasteiger partial charge in [-0.05, 0) is 49.1 Å². The third-order valence-electron chi connectivity index (χ3n) is 3.75. The molecule has 130 valence electrons. The molecule has 0 unspecified atom stereocenters. The van der Waals surface area contributed by atoms with Crippen LogP contribution < -0.4 is 11.1 Å². The van der Waals surface area contributed by atoms with E-state index in [2.05, 4.69) is 20.3 Å². The molecule has 1 aliphatic rings. The first-order valence-corrected chi connectivity index (χ1v) is 8.58. The van der Waals surface area contributed by atoms with Crippen molar-refractivity contribution in [2.24, 2.45) is 10.7 Å². The number of carbonyl (C=O) groups is 1. The number of rotatable bonds is 3. The fourth-order valence-corrected chi connectivity index (χ4v) is 3.43. The summed E-state index contributed by atoms with van der Waals surface area (Å²) >= 11 is 1.41. The molecular formula is C18H16N6OS. The minimum Gasteiger partial charge on any atom is -0.378 e. The summed E-state index contributed by atoms with van der Waals surface area (Å²) in [5, 5.41) is 12.1. The Morgan fingerprint density at radius 3 is 2.81 bits per heavy atom. The fraction of sp³-hybridized carbons (Fsp3) is 0.167. The minimum atomic E-state index is -0.688. The van der Waals surface area contributed by atoms with Crippen LogP contribution in [-0.4, -0.2) is 21.0 Å². The predicted octanol–water partition coefficient (Wildman–Crippen LogP) is 2.78. The summed E-state index contributed by atoms with van der Waals surface area (Å²) in [5.74, 6) is -0.370. The van der Waals surface area contributed by atoms with Gasteiger partial charge in [0.1, 0.15) is 17.3 Å². The van der Waals surface area contributed by atoms with Crippen LogP contribution in [0.25, 0.3) is 0 Å². The molecule has 8 heteroatoms. The third kappa shape index (κ3) is 3.73. The van der Waals surface area contributed by atoms with Gasteiger partial charge in [-0.15, -0.1) is 0 Å². The van der Waals surface area contributed by atoms with Gasteiger partial charge >= 0.3 is 0 Å². The molecule has 1 atom stereocenters. The molecule has 0 bridgehead atoms. The van der Waals surface area contributed by atoms with Crippen LogP contribution >= 0.6 is 11.8 Å². The van der Waals surface area contributed by atoms with Crippen LogP contribution in [0, 0.1) is 11.3 Å². The minimum absolute atomic E-state index is 0.223. The van der Waals surface area contributed by atoms with E-state index in [9.17, 15) is 4.79 Å². The van der Waals surface area contributed by atoms with Crippen LogP contribution in [-0.2, 0) is 5.54 Å². The van der Waals surface area contributed by atoms with Crippen LogP contribution in [0.15, 0.2) is 52.6 Å². The maximum Gasteiger partial charge on any atom is 0.274 e. The largest absolute Gasteiger partial charge is 0.378 e. The van der Waals surface area contributed by atoms with Gasteiger partial charge in [-0.3, -0.25) is 9.78 Å². The van der Waals surface area contributed by atoms with E-state index in [4.69, 9.17) is 11.0 Å². The molecule has 3 heterocycles. The number of pyridine rings is 2. The molecule has 2 aromatic rings. The SMILES string of the molecule is CC1=C[C@@](C)(c2cc(NC(=O)c3ccc(C#N)cn3)ccn2)N=C(N)S1. The van der Waals surface area contributed by atoms with E-state index in [-0.39, 0.29) is 11.6 Å². The Bertz CT molecular complexity index is 940. The number of nitriles is 1. The summed E-state index contributed by atoms with van der Waals surface area (Å²) < 4.78 is 0. The number of hydrogen-bond acceptors (Lipinski definition) is 7. The van der Waals surface area contributed by atoms with Crippen LogP contribution in [0.1, 0.15) is 35.6 Å². The molecular weight excluding hydrogens is 348 g/mol. The average Bonchev–Trinajstić information content (AvgIpc) is 2.61. The fourth-order valence-electron chi connectivity index (χ4n) is 2.58. The lowest BCUT2D eigenvalue weighted by atomic mass is 9.96. The van der Waals surface area contributed by atoms with E-state index in [1.807, 2.05) is 26.0 Å². The maximum atomic E-state index is 12.3. The van der Waals surface area contributed by atoms with Gasteiger partial charge in [0.25, 0.3) is 5.91 Å². The van der Waals surface area contributed by atoms with Gasteiger partial charge in [-0.25, -0.2) is 9.98 Å². The molecule has 2 aromatic heterocycles. The van der Waals surface area contributed by atoms with Crippen LogP contribution in [0.3, 0.4) is 0 Å². The number of anilines is 1. The average molecular weight is 364 g/mol. The smallest absolute Gasteiger partial charge is 0.274 e. The molecule has 0 fully saturated rings. The second kappa shape index (κ2) is 6.98. The summed E-state index contributed by atoms with van der Waals surface area (Å²) in [7, 11) is 0. The number of aromatic nitrogens is 2. The number of nitrogens with two attached hydrogens (primary N) is 1. The zero-order valence-electron chi connectivity index (χ0n) is 14.2. The molecule has 0 saturated carbocycles. The van der Waals surface area contributed by atoms with Crippen LogP contribution in [0.4, 0.5) is 5.69 Å². The number of carbonyl (C=O) groups excluding carboxylic acids is 1. The van der Waals surface area contributed by atoms with Crippen molar-refractivity contribution < 1.29 is 4.79 Å². The highest BCUT2D eigenvalue weighted by atomic mass is 32.2. The Morgan fingerprint density at radius 1 is 1.35 bits per heavy atom. The number of amides is 1. The Morgan fingerprint density at radius 2 is 2.15 bits per heavy atom. The number of thioether (sulfide) groups is 1. The second-order valence-corrected chi connectivity index (χ2v) is 7.15. The monoisotopic (exact) mass is 364 g/mol. The van der Waals surface area contributed by atoms with Gasteiger partial charge in [-0.1, -0.05) is 11.8 Å². The number of hydrogen-bond donors (Lipinski definition) is 2. The number of allylic oxidation sites excluding steroid dienone is 1. The Hall–Kier alpha value is -3.18. The van der Waals surface area contributed by atoms with Gasteiger partial charge in [0, 0.05) is 18.1 Å². The summed E-state index contributed by atoms with van der Waals surface area (Å²) in [6, 6.07) is 8.47. The quantitative estimate of drug-likeness (QED) is 0.865. The normalized spacial score (nSPS) is 19.1. The molecule has 0 aromatic carbocycles. The van der Waals surface area contributed by atoms with Crippen molar-refractivity contribution in [1.29, 1.82) is 5.26 Å². The number of nitrogens with one attached hydrogen (secondary N) is 1. The molecule has 3 N–H and O–H groups in total. The summed E-state index contributed by atoms with van der Waals surface area (Å²) in [6.07, 6.45) is 4.96. The van der Waals surface area contributed by atoms with E-state index in [0.29, 0.717) is 22.1 Å². The predicted molar refractivity (Wildman–Crippen MR) is 101 cm³/mol. The number of nitrogens with zero attached hydrogens (tertiary/aromatic N) is 4. The molecule has 0 saturated heterocycles. The van der Waals surface area contributed by atoms with Crippen molar-refractivity contribution in [3.63, 3.8) is 0 Å². The van der Waals surface area contributed by atoms with Crippen molar-refractivity contribution in [1.82, 2.24) is 9.97 Å². The molecule has 1 amide bonds. The first-order valence-electron chi connectivity index (χ1n) is 7.76. The molecule has 0 spiro atoms. The lowest BCUT2D eigenvalue weighted by Gasteiger charge is -2.26. The number of aliphatic imine (C=N–C) groups is 1. The molecule has 0 aliphatic carbocycles. The van der Waals surface area contributed by atoms with E-state index in [1.54, 1.807) is 24.4 Å². The first-order chi connectivity index (χ1) is 12.4. The standard InChI is InChI=1S/C18H16N6OS/c1-11-8-18(2,24-17(20)26-11)15-7-13(5-6-21-15)23-16(25)14-4-3-12(9-19)10-22-14/h3-8,10H,1-2H3,(H2,20,24)(H,21,23,25)/t18-/m0/s1. The highest BCUT2D eigenvalue weighted by Crippen LogP contribution is 2.35. The lowest BCUT2D eigenvalue weighted by Crippen LogP contribution is -2.26. The van der Waals surface area contributed by atoms with E-state index in [1.165, 1.54) is 24.0 Å². The molecule has 1 aliphatic heterocycles. The Balaban J connectivity index is 1.84. The highest BCUT2D eigenvalue weighted by Gasteiger charge is 2.29. The van der Waals surface area contributed by atoms with Crippen LogP contribution in [0.5, 0.6) is 0 Å². The highest BCUT2D eigenvalue weighted by molar-refractivity contribution is 8.17. The number of amidine groups is 1. The Labute approximate surface area is 155 Å². The zero-order chi connectivity index (χ0) is 18.7. The third-order valence-corrected chi connectivity index (χ3v) is 4.49. The summed E-state index contributed by atoms with van der Waals surface area (Å²) in [4.78, 5) is 26.3. The Kier molecular flexibility index (Phi) is 4.73. The van der Waals surface area contributed by atoms with Gasteiger partial charge < -0.3 is 11.1 Å². The zero-order valence-corrected chi connectivity index (χ0v) is 15.0.